The first-order valence-corrected chi connectivity index (χ1v) is 6.08. The Kier molecular flexibility index (Phi) is 4.55. The quantitative estimate of drug-likeness (QED) is 0.665. The molecule has 1 aromatic rings. The second-order valence-corrected chi connectivity index (χ2v) is 4.46. The number of hydrogen-bond donors (Lipinski definition) is 3. The highest BCUT2D eigenvalue weighted by molar-refractivity contribution is 5.27. The topological polar surface area (TPSA) is 79.2 Å². The predicted octanol–water partition coefficient (Wildman–Crippen LogP) is 0.234. The van der Waals surface area contributed by atoms with Crippen LogP contribution in [0, 0.1) is 0 Å². The van der Waals surface area contributed by atoms with Gasteiger partial charge in [-0.25, -0.2) is 0 Å². The van der Waals surface area contributed by atoms with Crippen LogP contribution in [0.2, 0.25) is 0 Å². The molecule has 1 aliphatic carbocycles. The molecule has 0 aliphatic heterocycles. The lowest BCUT2D eigenvalue weighted by Gasteiger charge is -2.18. The Morgan fingerprint density at radius 3 is 2.37 bits per heavy atom. The lowest BCUT2D eigenvalue weighted by atomic mass is 10.1. The van der Waals surface area contributed by atoms with Crippen LogP contribution < -0.4 is 4.74 Å². The molecule has 3 atom stereocenters. The Labute approximate surface area is 111 Å². The minimum atomic E-state index is -1.05. The van der Waals surface area contributed by atoms with E-state index in [1.807, 2.05) is 24.3 Å². The second-order valence-electron chi connectivity index (χ2n) is 4.46. The van der Waals surface area contributed by atoms with Gasteiger partial charge in [-0.05, 0) is 29.3 Å². The fourth-order valence-corrected chi connectivity index (χ4v) is 2.01. The summed E-state index contributed by atoms with van der Waals surface area (Å²) >= 11 is 0. The van der Waals surface area contributed by atoms with Crippen LogP contribution in [0.25, 0.3) is 0 Å². The first-order chi connectivity index (χ1) is 9.15. The SMILES string of the molecule is COc1ccc(CO[C@H]2C=C(CO)[C@H](O)C2O)cc1. The van der Waals surface area contributed by atoms with Crippen molar-refractivity contribution in [1.29, 1.82) is 0 Å². The fourth-order valence-electron chi connectivity index (χ4n) is 2.01. The first-order valence-electron chi connectivity index (χ1n) is 6.08. The summed E-state index contributed by atoms with van der Waals surface area (Å²) in [7, 11) is 1.60. The van der Waals surface area contributed by atoms with Gasteiger partial charge in [-0.15, -0.1) is 0 Å². The molecule has 0 saturated heterocycles. The Bertz CT molecular complexity index is 440. The molecule has 5 nitrogen and oxygen atoms in total. The molecule has 0 fully saturated rings. The number of benzene rings is 1. The van der Waals surface area contributed by atoms with Gasteiger partial charge in [0.1, 0.15) is 24.1 Å². The van der Waals surface area contributed by atoms with Gasteiger partial charge >= 0.3 is 0 Å². The van der Waals surface area contributed by atoms with Crippen LogP contribution in [-0.2, 0) is 11.3 Å². The number of aliphatic hydroxyl groups is 3. The number of hydrogen-bond acceptors (Lipinski definition) is 5. The van der Waals surface area contributed by atoms with Gasteiger partial charge < -0.3 is 24.8 Å². The lowest BCUT2D eigenvalue weighted by molar-refractivity contribution is -0.0519. The zero-order valence-corrected chi connectivity index (χ0v) is 10.7. The molecule has 104 valence electrons. The van der Waals surface area contributed by atoms with Gasteiger partial charge in [0.05, 0.1) is 20.3 Å². The van der Waals surface area contributed by atoms with Crippen LogP contribution in [0.5, 0.6) is 5.75 Å². The maximum Gasteiger partial charge on any atom is 0.118 e. The molecular formula is C14H18O5. The van der Waals surface area contributed by atoms with Crippen molar-refractivity contribution in [3.63, 3.8) is 0 Å². The first kappa shape index (κ1) is 14.0. The molecule has 0 spiro atoms. The second kappa shape index (κ2) is 6.16. The summed E-state index contributed by atoms with van der Waals surface area (Å²) in [6, 6.07) is 7.39. The molecule has 0 saturated carbocycles. The van der Waals surface area contributed by atoms with E-state index in [1.54, 1.807) is 13.2 Å². The van der Waals surface area contributed by atoms with Crippen LogP contribution in [0.4, 0.5) is 0 Å². The van der Waals surface area contributed by atoms with Crippen LogP contribution in [-0.4, -0.2) is 47.3 Å². The van der Waals surface area contributed by atoms with Gasteiger partial charge in [-0.2, -0.15) is 0 Å². The van der Waals surface area contributed by atoms with E-state index in [2.05, 4.69) is 0 Å². The Morgan fingerprint density at radius 2 is 1.84 bits per heavy atom. The Balaban J connectivity index is 1.93. The molecule has 0 amide bonds. The lowest BCUT2D eigenvalue weighted by Crippen LogP contribution is -2.33. The van der Waals surface area contributed by atoms with Crippen LogP contribution in [0.1, 0.15) is 5.56 Å². The summed E-state index contributed by atoms with van der Waals surface area (Å²) in [6.45, 7) is 0.0360. The highest BCUT2D eigenvalue weighted by Gasteiger charge is 2.34. The summed E-state index contributed by atoms with van der Waals surface area (Å²) in [4.78, 5) is 0. The Morgan fingerprint density at radius 1 is 1.16 bits per heavy atom. The molecule has 19 heavy (non-hydrogen) atoms. The van der Waals surface area contributed by atoms with Crippen LogP contribution in [0.15, 0.2) is 35.9 Å². The zero-order valence-electron chi connectivity index (χ0n) is 10.7. The van der Waals surface area contributed by atoms with Crippen molar-refractivity contribution in [1.82, 2.24) is 0 Å². The number of rotatable bonds is 5. The monoisotopic (exact) mass is 266 g/mol. The molecule has 0 aromatic heterocycles. The van der Waals surface area contributed by atoms with Crippen LogP contribution >= 0.6 is 0 Å². The third-order valence-electron chi connectivity index (χ3n) is 3.20. The van der Waals surface area contributed by atoms with E-state index in [4.69, 9.17) is 14.6 Å². The van der Waals surface area contributed by atoms with Crippen LogP contribution in [0.3, 0.4) is 0 Å². The van der Waals surface area contributed by atoms with E-state index in [0.717, 1.165) is 11.3 Å². The summed E-state index contributed by atoms with van der Waals surface area (Å²) in [5.74, 6) is 0.766. The van der Waals surface area contributed by atoms with Crippen molar-refractivity contribution < 1.29 is 24.8 Å². The van der Waals surface area contributed by atoms with Crippen molar-refractivity contribution in [2.24, 2.45) is 0 Å². The molecule has 1 aliphatic rings. The van der Waals surface area contributed by atoms with E-state index in [-0.39, 0.29) is 6.61 Å². The normalized spacial score (nSPS) is 26.3. The smallest absolute Gasteiger partial charge is 0.118 e. The van der Waals surface area contributed by atoms with E-state index in [1.165, 1.54) is 0 Å². The molecule has 0 heterocycles. The molecule has 0 bridgehead atoms. The minimum absolute atomic E-state index is 0.277. The molecular weight excluding hydrogens is 248 g/mol. The van der Waals surface area contributed by atoms with Crippen molar-refractivity contribution in [2.75, 3.05) is 13.7 Å². The third-order valence-corrected chi connectivity index (χ3v) is 3.20. The Hall–Kier alpha value is -1.40. The van der Waals surface area contributed by atoms with Gasteiger partial charge in [0.2, 0.25) is 0 Å². The van der Waals surface area contributed by atoms with Gasteiger partial charge in [0.25, 0.3) is 0 Å². The average molecular weight is 266 g/mol. The highest BCUT2D eigenvalue weighted by Crippen LogP contribution is 2.23. The van der Waals surface area contributed by atoms with Crippen molar-refractivity contribution in [2.45, 2.75) is 24.9 Å². The largest absolute Gasteiger partial charge is 0.497 e. The predicted molar refractivity (Wildman–Crippen MR) is 68.8 cm³/mol. The number of methoxy groups -OCH3 is 1. The van der Waals surface area contributed by atoms with Crippen molar-refractivity contribution in [3.8, 4) is 5.75 Å². The zero-order chi connectivity index (χ0) is 13.8. The molecule has 0 radical (unpaired) electrons. The van der Waals surface area contributed by atoms with Gasteiger partial charge in [0.15, 0.2) is 0 Å². The summed E-state index contributed by atoms with van der Waals surface area (Å²) < 4.78 is 10.6. The summed E-state index contributed by atoms with van der Waals surface area (Å²) in [6.07, 6.45) is -1.11. The van der Waals surface area contributed by atoms with Crippen molar-refractivity contribution in [3.05, 3.63) is 41.5 Å². The minimum Gasteiger partial charge on any atom is -0.497 e. The molecule has 1 unspecified atom stereocenters. The number of ether oxygens (including phenoxy) is 2. The summed E-state index contributed by atoms with van der Waals surface area (Å²) in [5, 5.41) is 28.4. The third kappa shape index (κ3) is 3.13. The standard InChI is InChI=1S/C14H18O5/c1-18-11-4-2-9(3-5-11)8-19-12-6-10(7-15)13(16)14(12)17/h2-6,12-17H,7-8H2,1H3/t12-,13-,14?/m0/s1. The maximum absolute atomic E-state index is 9.76. The van der Waals surface area contributed by atoms with E-state index >= 15 is 0 Å². The fraction of sp³-hybridized carbons (Fsp3) is 0.429. The van der Waals surface area contributed by atoms with Gasteiger partial charge in [-0.3, -0.25) is 0 Å². The average Bonchev–Trinajstić information content (AvgIpc) is 2.73. The molecule has 5 heteroatoms. The van der Waals surface area contributed by atoms with Gasteiger partial charge in [-0.1, -0.05) is 12.1 Å². The van der Waals surface area contributed by atoms with E-state index < -0.39 is 18.3 Å². The van der Waals surface area contributed by atoms with E-state index in [0.29, 0.717) is 12.2 Å². The molecule has 3 N–H and O–H groups in total. The molecule has 1 aromatic carbocycles. The maximum atomic E-state index is 9.76. The highest BCUT2D eigenvalue weighted by atomic mass is 16.5. The summed E-state index contributed by atoms with van der Waals surface area (Å²) in [5.41, 5.74) is 1.33. The van der Waals surface area contributed by atoms with E-state index in [9.17, 15) is 10.2 Å². The molecule has 2 rings (SSSR count). The van der Waals surface area contributed by atoms with Crippen molar-refractivity contribution >= 4 is 0 Å². The number of aliphatic hydroxyl groups excluding tert-OH is 3. The van der Waals surface area contributed by atoms with Gasteiger partial charge in [0, 0.05) is 0 Å².